The molecule has 0 atom stereocenters. The van der Waals surface area contributed by atoms with Crippen LogP contribution >= 0.6 is 23.2 Å². The Morgan fingerprint density at radius 2 is 1.88 bits per heavy atom. The summed E-state index contributed by atoms with van der Waals surface area (Å²) >= 11 is 11.9. The second kappa shape index (κ2) is 8.05. The van der Waals surface area contributed by atoms with E-state index in [1.54, 1.807) is 41.2 Å². The standard InChI is InChI=1S/C18H15Cl2N3O2/c19-14-5-7-15(8-6-14)25-10-9-21-18(24)13-11-22-23(12-13)17-4-2-1-3-16(17)20/h1-8,11-12H,9-10H2,(H,21,24). The van der Waals surface area contributed by atoms with Crippen LogP contribution in [0.1, 0.15) is 10.4 Å². The molecule has 7 heteroatoms. The Morgan fingerprint density at radius 3 is 2.64 bits per heavy atom. The second-order valence-corrected chi connectivity index (χ2v) is 6.03. The maximum absolute atomic E-state index is 12.2. The maximum atomic E-state index is 12.2. The number of carbonyl (C=O) groups excluding carboxylic acids is 1. The van der Waals surface area contributed by atoms with Crippen molar-refractivity contribution in [3.63, 3.8) is 0 Å². The lowest BCUT2D eigenvalue weighted by atomic mass is 10.3. The van der Waals surface area contributed by atoms with Crippen molar-refractivity contribution in [1.29, 1.82) is 0 Å². The molecular formula is C18H15Cl2N3O2. The van der Waals surface area contributed by atoms with Crippen LogP contribution in [0.4, 0.5) is 0 Å². The van der Waals surface area contributed by atoms with Crippen LogP contribution in [0.25, 0.3) is 5.69 Å². The van der Waals surface area contributed by atoms with Crippen LogP contribution in [0.2, 0.25) is 10.0 Å². The third kappa shape index (κ3) is 4.53. The number of nitrogens with one attached hydrogen (secondary N) is 1. The molecule has 2 aromatic carbocycles. The minimum atomic E-state index is -0.224. The molecule has 0 radical (unpaired) electrons. The van der Waals surface area contributed by atoms with E-state index in [1.165, 1.54) is 6.20 Å². The molecule has 0 fully saturated rings. The third-order valence-corrected chi connectivity index (χ3v) is 3.99. The molecule has 0 saturated heterocycles. The number of carbonyl (C=O) groups is 1. The van der Waals surface area contributed by atoms with Gasteiger partial charge in [0.05, 0.1) is 29.0 Å². The number of hydrogen-bond donors (Lipinski definition) is 1. The normalized spacial score (nSPS) is 10.5. The van der Waals surface area contributed by atoms with Gasteiger partial charge in [0.25, 0.3) is 5.91 Å². The van der Waals surface area contributed by atoms with Crippen LogP contribution < -0.4 is 10.1 Å². The highest BCUT2D eigenvalue weighted by Gasteiger charge is 2.10. The molecule has 0 aliphatic heterocycles. The number of benzene rings is 2. The topological polar surface area (TPSA) is 56.1 Å². The largest absolute Gasteiger partial charge is 0.492 e. The third-order valence-electron chi connectivity index (χ3n) is 3.41. The smallest absolute Gasteiger partial charge is 0.254 e. The average molecular weight is 376 g/mol. The minimum Gasteiger partial charge on any atom is -0.492 e. The number of para-hydroxylation sites is 1. The SMILES string of the molecule is O=C(NCCOc1ccc(Cl)cc1)c1cnn(-c2ccccc2Cl)c1. The summed E-state index contributed by atoms with van der Waals surface area (Å²) in [7, 11) is 0. The van der Waals surface area contributed by atoms with Gasteiger partial charge in [-0.25, -0.2) is 4.68 Å². The molecule has 1 amide bonds. The highest BCUT2D eigenvalue weighted by atomic mass is 35.5. The van der Waals surface area contributed by atoms with E-state index in [1.807, 2.05) is 18.2 Å². The van der Waals surface area contributed by atoms with Crippen LogP contribution in [0.5, 0.6) is 5.75 Å². The van der Waals surface area contributed by atoms with Gasteiger partial charge >= 0.3 is 0 Å². The molecule has 0 bridgehead atoms. The summed E-state index contributed by atoms with van der Waals surface area (Å²) in [6.07, 6.45) is 3.13. The van der Waals surface area contributed by atoms with Crippen LogP contribution in [0, 0.1) is 0 Å². The van der Waals surface area contributed by atoms with Gasteiger partial charge in [-0.1, -0.05) is 35.3 Å². The lowest BCUT2D eigenvalue weighted by Gasteiger charge is -2.07. The molecule has 5 nitrogen and oxygen atoms in total. The summed E-state index contributed by atoms with van der Waals surface area (Å²) in [6, 6.07) is 14.3. The van der Waals surface area contributed by atoms with Crippen molar-refractivity contribution in [2.45, 2.75) is 0 Å². The van der Waals surface area contributed by atoms with Gasteiger partial charge in [0, 0.05) is 11.2 Å². The van der Waals surface area contributed by atoms with Crippen molar-refractivity contribution in [3.05, 3.63) is 76.5 Å². The zero-order valence-corrected chi connectivity index (χ0v) is 14.7. The van der Waals surface area contributed by atoms with Crippen molar-refractivity contribution in [3.8, 4) is 11.4 Å². The summed E-state index contributed by atoms with van der Waals surface area (Å²) in [6.45, 7) is 0.727. The van der Waals surface area contributed by atoms with E-state index in [4.69, 9.17) is 27.9 Å². The molecule has 1 aromatic heterocycles. The maximum Gasteiger partial charge on any atom is 0.254 e. The summed E-state index contributed by atoms with van der Waals surface area (Å²) < 4.78 is 7.10. The number of nitrogens with zero attached hydrogens (tertiary/aromatic N) is 2. The molecule has 3 rings (SSSR count). The molecule has 1 heterocycles. The Kier molecular flexibility index (Phi) is 5.58. The number of ether oxygens (including phenoxy) is 1. The molecule has 25 heavy (non-hydrogen) atoms. The molecule has 0 aliphatic carbocycles. The molecule has 0 saturated carbocycles. The van der Waals surface area contributed by atoms with E-state index in [9.17, 15) is 4.79 Å². The van der Waals surface area contributed by atoms with Crippen LogP contribution in [-0.2, 0) is 0 Å². The monoisotopic (exact) mass is 375 g/mol. The summed E-state index contributed by atoms with van der Waals surface area (Å²) in [5, 5.41) is 8.18. The fourth-order valence-electron chi connectivity index (χ4n) is 2.18. The van der Waals surface area contributed by atoms with Crippen molar-refractivity contribution in [2.75, 3.05) is 13.2 Å². The van der Waals surface area contributed by atoms with Crippen molar-refractivity contribution >= 4 is 29.1 Å². The first kappa shape index (κ1) is 17.3. The Balaban J connectivity index is 1.52. The van der Waals surface area contributed by atoms with Crippen molar-refractivity contribution < 1.29 is 9.53 Å². The Labute approximate surface area is 155 Å². The molecular weight excluding hydrogens is 361 g/mol. The van der Waals surface area contributed by atoms with Crippen molar-refractivity contribution in [2.24, 2.45) is 0 Å². The summed E-state index contributed by atoms with van der Waals surface area (Å²) in [5.74, 6) is 0.475. The fourth-order valence-corrected chi connectivity index (χ4v) is 2.52. The van der Waals surface area contributed by atoms with Gasteiger partial charge in [-0.15, -0.1) is 0 Å². The molecule has 0 unspecified atom stereocenters. The van der Waals surface area contributed by atoms with Crippen LogP contribution in [0.3, 0.4) is 0 Å². The quantitative estimate of drug-likeness (QED) is 0.662. The molecule has 1 N–H and O–H groups in total. The number of rotatable bonds is 6. The first-order valence-corrected chi connectivity index (χ1v) is 8.35. The lowest BCUT2D eigenvalue weighted by molar-refractivity contribution is 0.0947. The molecule has 0 aliphatic rings. The highest BCUT2D eigenvalue weighted by molar-refractivity contribution is 6.32. The first-order valence-electron chi connectivity index (χ1n) is 7.59. The second-order valence-electron chi connectivity index (χ2n) is 5.18. The number of halogens is 2. The van der Waals surface area contributed by atoms with E-state index in [0.29, 0.717) is 40.2 Å². The predicted molar refractivity (Wildman–Crippen MR) is 97.9 cm³/mol. The highest BCUT2D eigenvalue weighted by Crippen LogP contribution is 2.19. The van der Waals surface area contributed by atoms with Crippen LogP contribution in [0.15, 0.2) is 60.9 Å². The number of hydrogen-bond acceptors (Lipinski definition) is 3. The van der Waals surface area contributed by atoms with Gasteiger partial charge in [-0.2, -0.15) is 5.10 Å². The molecule has 3 aromatic rings. The van der Waals surface area contributed by atoms with E-state index in [0.717, 1.165) is 0 Å². The number of amides is 1. The summed E-state index contributed by atoms with van der Waals surface area (Å²) in [4.78, 5) is 12.2. The van der Waals surface area contributed by atoms with Crippen LogP contribution in [-0.4, -0.2) is 28.8 Å². The van der Waals surface area contributed by atoms with E-state index in [2.05, 4.69) is 10.4 Å². The van der Waals surface area contributed by atoms with Gasteiger partial charge in [0.15, 0.2) is 0 Å². The lowest BCUT2D eigenvalue weighted by Crippen LogP contribution is -2.27. The average Bonchev–Trinajstić information content (AvgIpc) is 3.10. The minimum absolute atomic E-state index is 0.224. The Hall–Kier alpha value is -2.50. The van der Waals surface area contributed by atoms with E-state index in [-0.39, 0.29) is 5.91 Å². The Bertz CT molecular complexity index is 863. The van der Waals surface area contributed by atoms with Gasteiger partial charge < -0.3 is 10.1 Å². The zero-order chi connectivity index (χ0) is 17.6. The zero-order valence-electron chi connectivity index (χ0n) is 13.2. The predicted octanol–water partition coefficient (Wildman–Crippen LogP) is 3.99. The van der Waals surface area contributed by atoms with Gasteiger partial charge in [-0.3, -0.25) is 4.79 Å². The van der Waals surface area contributed by atoms with Gasteiger partial charge in [0.1, 0.15) is 12.4 Å². The number of aromatic nitrogens is 2. The Morgan fingerprint density at radius 1 is 1.12 bits per heavy atom. The van der Waals surface area contributed by atoms with Gasteiger partial charge in [0.2, 0.25) is 0 Å². The first-order chi connectivity index (χ1) is 12.1. The summed E-state index contributed by atoms with van der Waals surface area (Å²) in [5.41, 5.74) is 1.17. The van der Waals surface area contributed by atoms with E-state index < -0.39 is 0 Å². The van der Waals surface area contributed by atoms with Gasteiger partial charge in [-0.05, 0) is 36.4 Å². The van der Waals surface area contributed by atoms with E-state index >= 15 is 0 Å². The molecule has 0 spiro atoms. The molecule has 128 valence electrons. The van der Waals surface area contributed by atoms with Crippen molar-refractivity contribution in [1.82, 2.24) is 15.1 Å². The fraction of sp³-hybridized carbons (Fsp3) is 0.111.